The second kappa shape index (κ2) is 8.56. The number of fused-ring (bicyclic) bond motifs is 1. The van der Waals surface area contributed by atoms with Crippen molar-refractivity contribution in [3.63, 3.8) is 0 Å². The van der Waals surface area contributed by atoms with Crippen molar-refractivity contribution < 1.29 is 14.9 Å². The number of aliphatic hydroxyl groups excluding tert-OH is 1. The molecule has 2 aromatic carbocycles. The molecule has 2 aliphatic rings. The van der Waals surface area contributed by atoms with Gasteiger partial charge in [-0.25, -0.2) is 9.36 Å². The van der Waals surface area contributed by atoms with E-state index in [0.29, 0.717) is 45.9 Å². The van der Waals surface area contributed by atoms with Gasteiger partial charge < -0.3 is 14.9 Å². The van der Waals surface area contributed by atoms with Crippen LogP contribution < -0.4 is 10.4 Å². The van der Waals surface area contributed by atoms with E-state index in [9.17, 15) is 15.0 Å². The van der Waals surface area contributed by atoms with Gasteiger partial charge in [0.25, 0.3) is 0 Å². The maximum Gasteiger partial charge on any atom is 0.335 e. The summed E-state index contributed by atoms with van der Waals surface area (Å²) in [7, 11) is 1.56. The Morgan fingerprint density at radius 2 is 1.91 bits per heavy atom. The molecule has 5 rings (SSSR count). The van der Waals surface area contributed by atoms with E-state index in [-0.39, 0.29) is 18.0 Å². The van der Waals surface area contributed by atoms with Crippen LogP contribution in [0.4, 0.5) is 0 Å². The Balaban J connectivity index is 1.56. The first-order chi connectivity index (χ1) is 15.7. The summed E-state index contributed by atoms with van der Waals surface area (Å²) >= 11 is 19.3. The maximum absolute atomic E-state index is 12.5. The van der Waals surface area contributed by atoms with Crippen LogP contribution in [0.2, 0.25) is 15.1 Å². The van der Waals surface area contributed by atoms with Crippen molar-refractivity contribution >= 4 is 34.8 Å². The molecule has 2 N–H and O–H groups in total. The Morgan fingerprint density at radius 3 is 2.58 bits per heavy atom. The van der Waals surface area contributed by atoms with Gasteiger partial charge in [-0.15, -0.1) is 0 Å². The highest BCUT2D eigenvalue weighted by Crippen LogP contribution is 2.44. The number of likely N-dealkylation sites (tertiary alicyclic amines) is 1. The molecule has 0 bridgehead atoms. The van der Waals surface area contributed by atoms with Gasteiger partial charge in [0.1, 0.15) is 11.9 Å². The largest absolute Gasteiger partial charge is 0.493 e. The lowest BCUT2D eigenvalue weighted by molar-refractivity contribution is 0.0819. The predicted octanol–water partition coefficient (Wildman–Crippen LogP) is 3.95. The summed E-state index contributed by atoms with van der Waals surface area (Å²) in [6.45, 7) is 1.29. The Bertz CT molecular complexity index is 1290. The van der Waals surface area contributed by atoms with Crippen LogP contribution in [0, 0.1) is 0 Å². The van der Waals surface area contributed by atoms with Crippen LogP contribution in [0.15, 0.2) is 41.3 Å². The van der Waals surface area contributed by atoms with Crippen molar-refractivity contribution in [1.29, 1.82) is 0 Å². The SMILES string of the molecule is Cn1cc(O)n(-c2ccc(Cl)c(O[C@H]3c4cc(Cl)cc(Cl)c4C[C@@H]3N3CC[C@@H](O)C3)c2)c1=O. The minimum absolute atomic E-state index is 0.0688. The van der Waals surface area contributed by atoms with Crippen LogP contribution in [0.5, 0.6) is 11.6 Å². The third-order valence-corrected chi connectivity index (χ3v) is 7.25. The lowest BCUT2D eigenvalue weighted by Crippen LogP contribution is -2.39. The molecule has 0 saturated carbocycles. The fourth-order valence-electron chi connectivity index (χ4n) is 4.79. The van der Waals surface area contributed by atoms with Crippen molar-refractivity contribution in [2.75, 3.05) is 13.1 Å². The lowest BCUT2D eigenvalue weighted by atomic mass is 10.1. The molecule has 0 radical (unpaired) electrons. The number of nitrogens with zero attached hydrogens (tertiary/aromatic N) is 3. The minimum atomic E-state index is -0.435. The Labute approximate surface area is 205 Å². The Morgan fingerprint density at radius 1 is 1.12 bits per heavy atom. The van der Waals surface area contributed by atoms with Gasteiger partial charge in [-0.1, -0.05) is 34.8 Å². The topological polar surface area (TPSA) is 79.9 Å². The molecular weight excluding hydrogens is 489 g/mol. The first-order valence-electron chi connectivity index (χ1n) is 10.6. The molecule has 7 nitrogen and oxygen atoms in total. The van der Waals surface area contributed by atoms with Crippen LogP contribution in [0.25, 0.3) is 5.69 Å². The lowest BCUT2D eigenvalue weighted by Gasteiger charge is -2.30. The van der Waals surface area contributed by atoms with Crippen LogP contribution in [0.1, 0.15) is 23.7 Å². The van der Waals surface area contributed by atoms with Crippen LogP contribution in [0.3, 0.4) is 0 Å². The summed E-state index contributed by atoms with van der Waals surface area (Å²) in [6.07, 6.45) is 1.87. The number of rotatable bonds is 4. The highest BCUT2D eigenvalue weighted by Gasteiger charge is 2.42. The average Bonchev–Trinajstić information content (AvgIpc) is 3.41. The van der Waals surface area contributed by atoms with E-state index in [2.05, 4.69) is 4.90 Å². The van der Waals surface area contributed by atoms with Gasteiger partial charge in [-0.3, -0.25) is 9.47 Å². The van der Waals surface area contributed by atoms with Gasteiger partial charge in [-0.05, 0) is 42.7 Å². The number of aromatic nitrogens is 2. The fourth-order valence-corrected chi connectivity index (χ4v) is 5.54. The second-order valence-corrected chi connectivity index (χ2v) is 9.78. The summed E-state index contributed by atoms with van der Waals surface area (Å²) in [6, 6.07) is 8.40. The van der Waals surface area contributed by atoms with Crippen LogP contribution >= 0.6 is 34.8 Å². The van der Waals surface area contributed by atoms with E-state index in [1.54, 1.807) is 31.3 Å². The van der Waals surface area contributed by atoms with Crippen molar-refractivity contribution in [3.8, 4) is 17.3 Å². The standard InChI is InChI=1S/C23H22Cl3N3O4/c1-27-11-21(31)29(23(27)32)13-2-3-17(25)20(8-13)33-22-16-6-12(24)7-18(26)15(16)9-19(22)28-5-4-14(30)10-28/h2-3,6-8,11,14,19,22,30-31H,4-5,9-10H2,1H3/t14-,19+,22+/m1/s1. The zero-order valence-corrected chi connectivity index (χ0v) is 20.0. The van der Waals surface area contributed by atoms with Gasteiger partial charge in [0, 0.05) is 41.8 Å². The molecule has 174 valence electrons. The molecule has 33 heavy (non-hydrogen) atoms. The smallest absolute Gasteiger partial charge is 0.335 e. The van der Waals surface area contributed by atoms with E-state index >= 15 is 0 Å². The molecule has 0 spiro atoms. The highest BCUT2D eigenvalue weighted by atomic mass is 35.5. The Kier molecular flexibility index (Phi) is 5.87. The minimum Gasteiger partial charge on any atom is -0.493 e. The van der Waals surface area contributed by atoms with Gasteiger partial charge in [0.15, 0.2) is 0 Å². The molecule has 2 heterocycles. The predicted molar refractivity (Wildman–Crippen MR) is 127 cm³/mol. The Hall–Kier alpha value is -2.16. The number of hydrogen-bond acceptors (Lipinski definition) is 5. The normalized spacial score (nSPS) is 22.6. The zero-order chi connectivity index (χ0) is 23.4. The number of β-amino-alcohol motifs (C(OH)–C–C–N with tert-alkyl or cyclic N) is 1. The van der Waals surface area contributed by atoms with Crippen molar-refractivity contribution in [1.82, 2.24) is 14.0 Å². The highest BCUT2D eigenvalue weighted by molar-refractivity contribution is 6.35. The summed E-state index contributed by atoms with van der Waals surface area (Å²) in [4.78, 5) is 14.7. The monoisotopic (exact) mass is 509 g/mol. The number of aryl methyl sites for hydroxylation is 1. The van der Waals surface area contributed by atoms with Gasteiger partial charge in [-0.2, -0.15) is 0 Å². The number of imidazole rings is 1. The van der Waals surface area contributed by atoms with E-state index in [0.717, 1.165) is 17.7 Å². The zero-order valence-electron chi connectivity index (χ0n) is 17.7. The van der Waals surface area contributed by atoms with Crippen LogP contribution in [-0.2, 0) is 13.5 Å². The van der Waals surface area contributed by atoms with Crippen molar-refractivity contribution in [3.05, 3.63) is 73.2 Å². The number of ether oxygens (including phenoxy) is 1. The third-order valence-electron chi connectivity index (χ3n) is 6.39. The summed E-state index contributed by atoms with van der Waals surface area (Å²) < 4.78 is 8.94. The van der Waals surface area contributed by atoms with Crippen LogP contribution in [-0.4, -0.2) is 49.5 Å². The molecule has 0 amide bonds. The molecule has 3 aromatic rings. The van der Waals surface area contributed by atoms with Gasteiger partial charge in [0.2, 0.25) is 5.88 Å². The summed E-state index contributed by atoms with van der Waals surface area (Å²) in [5, 5.41) is 21.8. The third kappa shape index (κ3) is 4.02. The van der Waals surface area contributed by atoms with Crippen molar-refractivity contribution in [2.45, 2.75) is 31.1 Å². The number of halogens is 3. The second-order valence-electron chi connectivity index (χ2n) is 8.53. The number of hydrogen-bond donors (Lipinski definition) is 2. The first kappa shape index (κ1) is 22.6. The number of aliphatic hydroxyl groups is 1. The van der Waals surface area contributed by atoms with Gasteiger partial charge in [0.05, 0.1) is 29.1 Å². The molecule has 3 atom stereocenters. The van der Waals surface area contributed by atoms with E-state index in [1.807, 2.05) is 6.07 Å². The fraction of sp³-hybridized carbons (Fsp3) is 0.348. The molecule has 1 aromatic heterocycles. The van der Waals surface area contributed by atoms with Crippen molar-refractivity contribution in [2.24, 2.45) is 7.05 Å². The molecule has 10 heteroatoms. The van der Waals surface area contributed by atoms with E-state index in [4.69, 9.17) is 39.5 Å². The molecule has 1 aliphatic carbocycles. The molecule has 1 fully saturated rings. The van der Waals surface area contributed by atoms with E-state index in [1.165, 1.54) is 15.3 Å². The first-order valence-corrected chi connectivity index (χ1v) is 11.7. The number of benzene rings is 2. The molecule has 0 unspecified atom stereocenters. The molecule has 1 aliphatic heterocycles. The number of aromatic hydroxyl groups is 1. The summed E-state index contributed by atoms with van der Waals surface area (Å²) in [5.41, 5.74) is 1.87. The van der Waals surface area contributed by atoms with E-state index < -0.39 is 11.8 Å². The summed E-state index contributed by atoms with van der Waals surface area (Å²) in [5.74, 6) is 0.174. The maximum atomic E-state index is 12.5. The quantitative estimate of drug-likeness (QED) is 0.556. The molecular formula is C23H22Cl3N3O4. The average molecular weight is 511 g/mol. The molecule has 1 saturated heterocycles. The van der Waals surface area contributed by atoms with Gasteiger partial charge >= 0.3 is 5.69 Å².